The van der Waals surface area contributed by atoms with Gasteiger partial charge in [-0.15, -0.1) is 0 Å². The summed E-state index contributed by atoms with van der Waals surface area (Å²) in [5, 5.41) is 7.26. The number of rotatable bonds is 8. The maximum Gasteiger partial charge on any atom is 0.265 e. The molecule has 1 amide bonds. The third-order valence-electron chi connectivity index (χ3n) is 4.83. The minimum absolute atomic E-state index is 0.0208. The molecule has 3 rings (SSSR count). The zero-order valence-corrected chi connectivity index (χ0v) is 18.0. The molecule has 7 nitrogen and oxygen atoms in total. The molecule has 1 heterocycles. The molecular weight excluding hydrogens is 404 g/mol. The van der Waals surface area contributed by atoms with Gasteiger partial charge in [0, 0.05) is 31.7 Å². The number of amides is 1. The minimum atomic E-state index is -0.0208. The van der Waals surface area contributed by atoms with Gasteiger partial charge in [0.2, 0.25) is 0 Å². The van der Waals surface area contributed by atoms with Gasteiger partial charge < -0.3 is 25.0 Å². The average molecular weight is 431 g/mol. The molecule has 0 radical (unpaired) electrons. The standard InChI is InChI=1S/C22H27ClN4O3/c1-24-22(26-12-10-16-8-9-17(29-2)14-18(16)23)25-11-5-13-27-19-6-3-4-7-20(19)30-15-21(27)28/h3-4,6-9,14H,5,10-13,15H2,1-2H3,(H2,24,25,26). The largest absolute Gasteiger partial charge is 0.497 e. The highest BCUT2D eigenvalue weighted by Gasteiger charge is 2.24. The number of nitrogens with one attached hydrogen (secondary N) is 2. The van der Waals surface area contributed by atoms with Crippen LogP contribution >= 0.6 is 11.6 Å². The highest BCUT2D eigenvalue weighted by Crippen LogP contribution is 2.31. The number of hydrogen-bond donors (Lipinski definition) is 2. The van der Waals surface area contributed by atoms with Crippen molar-refractivity contribution in [2.75, 3.05) is 45.3 Å². The third kappa shape index (κ3) is 5.57. The Hall–Kier alpha value is -2.93. The molecule has 0 bridgehead atoms. The second-order valence-electron chi connectivity index (χ2n) is 6.79. The van der Waals surface area contributed by atoms with Crippen LogP contribution in [0.2, 0.25) is 5.02 Å². The van der Waals surface area contributed by atoms with Gasteiger partial charge >= 0.3 is 0 Å². The molecule has 1 aliphatic rings. The van der Waals surface area contributed by atoms with E-state index in [0.717, 1.165) is 35.6 Å². The van der Waals surface area contributed by atoms with E-state index in [4.69, 9.17) is 21.1 Å². The predicted molar refractivity (Wildman–Crippen MR) is 120 cm³/mol. The summed E-state index contributed by atoms with van der Waals surface area (Å²) >= 11 is 6.29. The Balaban J connectivity index is 1.41. The summed E-state index contributed by atoms with van der Waals surface area (Å²) < 4.78 is 10.7. The molecule has 0 spiro atoms. The number of benzene rings is 2. The summed E-state index contributed by atoms with van der Waals surface area (Å²) in [7, 11) is 3.35. The van der Waals surface area contributed by atoms with Gasteiger partial charge in [-0.05, 0) is 42.7 Å². The van der Waals surface area contributed by atoms with E-state index in [1.165, 1.54) is 0 Å². The predicted octanol–water partition coefficient (Wildman–Crippen LogP) is 2.87. The number of nitrogens with zero attached hydrogens (tertiary/aromatic N) is 2. The molecule has 160 valence electrons. The number of aliphatic imine (C=N–C) groups is 1. The number of hydrogen-bond acceptors (Lipinski definition) is 4. The van der Waals surface area contributed by atoms with Crippen molar-refractivity contribution in [2.45, 2.75) is 12.8 Å². The Morgan fingerprint density at radius 2 is 2.03 bits per heavy atom. The van der Waals surface area contributed by atoms with Gasteiger partial charge in [-0.2, -0.15) is 0 Å². The monoisotopic (exact) mass is 430 g/mol. The molecule has 2 N–H and O–H groups in total. The molecule has 30 heavy (non-hydrogen) atoms. The van der Waals surface area contributed by atoms with Crippen LogP contribution < -0.4 is 25.0 Å². The van der Waals surface area contributed by atoms with Crippen LogP contribution in [0.15, 0.2) is 47.5 Å². The lowest BCUT2D eigenvalue weighted by Gasteiger charge is -2.29. The third-order valence-corrected chi connectivity index (χ3v) is 5.18. The number of ether oxygens (including phenoxy) is 2. The zero-order chi connectivity index (χ0) is 21.3. The molecule has 0 unspecified atom stereocenters. The van der Waals surface area contributed by atoms with Gasteiger partial charge in [0.05, 0.1) is 12.8 Å². The van der Waals surface area contributed by atoms with Crippen LogP contribution in [0.3, 0.4) is 0 Å². The molecule has 0 fully saturated rings. The molecule has 0 saturated carbocycles. The van der Waals surface area contributed by atoms with Crippen LogP contribution in [-0.2, 0) is 11.2 Å². The van der Waals surface area contributed by atoms with Crippen molar-refractivity contribution in [2.24, 2.45) is 4.99 Å². The molecular formula is C22H27ClN4O3. The Labute approximate surface area is 182 Å². The molecule has 0 atom stereocenters. The van der Waals surface area contributed by atoms with Gasteiger partial charge in [0.1, 0.15) is 11.5 Å². The van der Waals surface area contributed by atoms with E-state index in [9.17, 15) is 4.79 Å². The smallest absolute Gasteiger partial charge is 0.265 e. The van der Waals surface area contributed by atoms with Gasteiger partial charge in [-0.1, -0.05) is 29.8 Å². The Morgan fingerprint density at radius 3 is 2.80 bits per heavy atom. The van der Waals surface area contributed by atoms with Crippen LogP contribution in [0.25, 0.3) is 0 Å². The molecule has 2 aromatic carbocycles. The van der Waals surface area contributed by atoms with Gasteiger partial charge in [-0.3, -0.25) is 9.79 Å². The van der Waals surface area contributed by atoms with E-state index in [0.29, 0.717) is 30.6 Å². The second-order valence-corrected chi connectivity index (χ2v) is 7.20. The fraction of sp³-hybridized carbons (Fsp3) is 0.364. The van der Waals surface area contributed by atoms with E-state index in [1.54, 1.807) is 19.1 Å². The first-order chi connectivity index (χ1) is 14.6. The second kappa shape index (κ2) is 10.7. The summed E-state index contributed by atoms with van der Waals surface area (Å²) in [6.07, 6.45) is 1.55. The first kappa shape index (κ1) is 21.8. The van der Waals surface area contributed by atoms with Crippen molar-refractivity contribution >= 4 is 29.2 Å². The molecule has 0 aromatic heterocycles. The maximum absolute atomic E-state index is 12.2. The Morgan fingerprint density at radius 1 is 1.23 bits per heavy atom. The van der Waals surface area contributed by atoms with E-state index < -0.39 is 0 Å². The SMILES string of the molecule is CN=C(NCCCN1C(=O)COc2ccccc21)NCCc1ccc(OC)cc1Cl. The van der Waals surface area contributed by atoms with Gasteiger partial charge in [-0.25, -0.2) is 0 Å². The fourth-order valence-corrected chi connectivity index (χ4v) is 3.50. The van der Waals surface area contributed by atoms with Crippen LogP contribution in [0.5, 0.6) is 11.5 Å². The molecule has 8 heteroatoms. The average Bonchev–Trinajstić information content (AvgIpc) is 2.77. The number of guanidine groups is 1. The lowest BCUT2D eigenvalue weighted by molar-refractivity contribution is -0.121. The number of halogens is 1. The summed E-state index contributed by atoms with van der Waals surface area (Å²) in [4.78, 5) is 18.2. The van der Waals surface area contributed by atoms with E-state index in [1.807, 2.05) is 42.5 Å². The topological polar surface area (TPSA) is 75.2 Å². The van der Waals surface area contributed by atoms with Gasteiger partial charge in [0.25, 0.3) is 5.91 Å². The van der Waals surface area contributed by atoms with Crippen LogP contribution in [0.1, 0.15) is 12.0 Å². The number of carbonyl (C=O) groups is 1. The number of methoxy groups -OCH3 is 1. The van der Waals surface area contributed by atoms with E-state index >= 15 is 0 Å². The van der Waals surface area contributed by atoms with Crippen LogP contribution in [0, 0.1) is 0 Å². The first-order valence-electron chi connectivity index (χ1n) is 9.91. The quantitative estimate of drug-likeness (QED) is 0.382. The van der Waals surface area contributed by atoms with Crippen molar-refractivity contribution in [3.8, 4) is 11.5 Å². The summed E-state index contributed by atoms with van der Waals surface area (Å²) in [5.41, 5.74) is 1.87. The zero-order valence-electron chi connectivity index (χ0n) is 17.3. The fourth-order valence-electron chi connectivity index (χ4n) is 3.24. The summed E-state index contributed by atoms with van der Waals surface area (Å²) in [6.45, 7) is 2.09. The Kier molecular flexibility index (Phi) is 7.79. The molecule has 0 aliphatic carbocycles. The first-order valence-corrected chi connectivity index (χ1v) is 10.3. The van der Waals surface area contributed by atoms with Crippen LogP contribution in [0.4, 0.5) is 5.69 Å². The highest BCUT2D eigenvalue weighted by molar-refractivity contribution is 6.31. The maximum atomic E-state index is 12.2. The van der Waals surface area contributed by atoms with Crippen molar-refractivity contribution in [1.29, 1.82) is 0 Å². The van der Waals surface area contributed by atoms with Crippen molar-refractivity contribution in [3.05, 3.63) is 53.1 Å². The summed E-state index contributed by atoms with van der Waals surface area (Å²) in [6, 6.07) is 13.3. The minimum Gasteiger partial charge on any atom is -0.497 e. The normalized spacial score (nSPS) is 13.5. The Bertz CT molecular complexity index is 904. The lowest BCUT2D eigenvalue weighted by atomic mass is 10.1. The molecule has 0 saturated heterocycles. The number of para-hydroxylation sites is 2. The molecule has 1 aliphatic heterocycles. The van der Waals surface area contributed by atoms with E-state index in [2.05, 4.69) is 15.6 Å². The van der Waals surface area contributed by atoms with Crippen molar-refractivity contribution in [1.82, 2.24) is 10.6 Å². The van der Waals surface area contributed by atoms with E-state index in [-0.39, 0.29) is 12.5 Å². The number of carbonyl (C=O) groups excluding carboxylic acids is 1. The summed E-state index contributed by atoms with van der Waals surface area (Å²) in [5.74, 6) is 2.19. The van der Waals surface area contributed by atoms with Crippen molar-refractivity contribution in [3.63, 3.8) is 0 Å². The highest BCUT2D eigenvalue weighted by atomic mass is 35.5. The van der Waals surface area contributed by atoms with Gasteiger partial charge in [0.15, 0.2) is 12.6 Å². The van der Waals surface area contributed by atoms with Crippen molar-refractivity contribution < 1.29 is 14.3 Å². The molecule has 2 aromatic rings. The lowest BCUT2D eigenvalue weighted by Crippen LogP contribution is -2.42. The number of fused-ring (bicyclic) bond motifs is 1. The van der Waals surface area contributed by atoms with Crippen LogP contribution in [-0.4, -0.2) is 52.3 Å². The number of anilines is 1.